The maximum Gasteiger partial charge on any atom is 0.237 e. The van der Waals surface area contributed by atoms with Crippen LogP contribution in [-0.4, -0.2) is 11.9 Å². The van der Waals surface area contributed by atoms with Crippen LogP contribution >= 0.6 is 11.3 Å². The van der Waals surface area contributed by atoms with Crippen molar-refractivity contribution in [1.82, 2.24) is 5.32 Å². The van der Waals surface area contributed by atoms with Gasteiger partial charge < -0.3 is 11.1 Å². The van der Waals surface area contributed by atoms with Crippen molar-refractivity contribution in [2.24, 2.45) is 11.7 Å². The third kappa shape index (κ3) is 3.32. The molecule has 0 bridgehead atoms. The zero-order valence-electron chi connectivity index (χ0n) is 10.1. The number of carbonyl (C=O) groups excluding carboxylic acids is 1. The molecule has 1 amide bonds. The quantitative estimate of drug-likeness (QED) is 0.829. The third-order valence-electron chi connectivity index (χ3n) is 2.89. The van der Waals surface area contributed by atoms with Gasteiger partial charge in [-0.15, -0.1) is 11.3 Å². The number of carbonyl (C=O) groups is 1. The van der Waals surface area contributed by atoms with E-state index in [4.69, 9.17) is 5.73 Å². The Morgan fingerprint density at radius 2 is 2.25 bits per heavy atom. The average molecular weight is 240 g/mol. The van der Waals surface area contributed by atoms with Gasteiger partial charge in [-0.05, 0) is 24.3 Å². The van der Waals surface area contributed by atoms with E-state index in [1.807, 2.05) is 38.3 Å². The molecular weight excluding hydrogens is 220 g/mol. The summed E-state index contributed by atoms with van der Waals surface area (Å²) >= 11 is 1.64. The number of rotatable bonds is 5. The van der Waals surface area contributed by atoms with Gasteiger partial charge in [0.2, 0.25) is 5.91 Å². The predicted molar refractivity (Wildman–Crippen MR) is 68.3 cm³/mol. The monoisotopic (exact) mass is 240 g/mol. The maximum atomic E-state index is 11.8. The highest BCUT2D eigenvalue weighted by atomic mass is 32.1. The number of nitrogens with one attached hydrogen (secondary N) is 1. The molecule has 0 aromatic carbocycles. The molecule has 16 heavy (non-hydrogen) atoms. The molecule has 0 spiro atoms. The first-order valence-corrected chi connectivity index (χ1v) is 6.53. The molecule has 1 rings (SSSR count). The van der Waals surface area contributed by atoms with Gasteiger partial charge in [0.05, 0.1) is 12.1 Å². The molecule has 1 aromatic rings. The van der Waals surface area contributed by atoms with Crippen LogP contribution in [-0.2, 0) is 4.79 Å². The van der Waals surface area contributed by atoms with Crippen molar-refractivity contribution in [3.05, 3.63) is 22.4 Å². The van der Waals surface area contributed by atoms with E-state index >= 15 is 0 Å². The van der Waals surface area contributed by atoms with Gasteiger partial charge in [-0.25, -0.2) is 0 Å². The van der Waals surface area contributed by atoms with E-state index in [2.05, 4.69) is 5.32 Å². The lowest BCUT2D eigenvalue weighted by Crippen LogP contribution is -2.45. The van der Waals surface area contributed by atoms with Gasteiger partial charge in [0.15, 0.2) is 0 Å². The lowest BCUT2D eigenvalue weighted by Gasteiger charge is -2.20. The number of hydrogen-bond acceptors (Lipinski definition) is 3. The molecule has 0 radical (unpaired) electrons. The molecule has 0 saturated heterocycles. The smallest absolute Gasteiger partial charge is 0.237 e. The van der Waals surface area contributed by atoms with Crippen LogP contribution in [0.1, 0.15) is 38.1 Å². The summed E-state index contributed by atoms with van der Waals surface area (Å²) in [5.74, 6) is 0.158. The van der Waals surface area contributed by atoms with Crippen LogP contribution in [0.5, 0.6) is 0 Å². The molecule has 4 heteroatoms. The van der Waals surface area contributed by atoms with Crippen molar-refractivity contribution in [3.8, 4) is 0 Å². The fraction of sp³-hybridized carbons (Fsp3) is 0.583. The second kappa shape index (κ2) is 6.01. The molecule has 0 aliphatic carbocycles. The first-order valence-electron chi connectivity index (χ1n) is 5.65. The minimum atomic E-state index is -0.410. The first kappa shape index (κ1) is 13.2. The van der Waals surface area contributed by atoms with Crippen molar-refractivity contribution in [1.29, 1.82) is 0 Å². The van der Waals surface area contributed by atoms with Crippen LogP contribution in [0, 0.1) is 5.92 Å². The Bertz CT molecular complexity index is 324. The molecule has 1 aromatic heterocycles. The molecule has 1 heterocycles. The van der Waals surface area contributed by atoms with E-state index in [1.54, 1.807) is 11.3 Å². The van der Waals surface area contributed by atoms with Crippen LogP contribution in [0.3, 0.4) is 0 Å². The van der Waals surface area contributed by atoms with E-state index in [9.17, 15) is 4.79 Å². The summed E-state index contributed by atoms with van der Waals surface area (Å²) < 4.78 is 0. The summed E-state index contributed by atoms with van der Waals surface area (Å²) in [6.07, 6.45) is 0.919. The molecule has 90 valence electrons. The highest BCUT2D eigenvalue weighted by molar-refractivity contribution is 7.10. The SMILES string of the molecule is CC[C@H](C)[C@H](N)C(=O)NC(C)c1cccs1. The fourth-order valence-electron chi connectivity index (χ4n) is 1.43. The third-order valence-corrected chi connectivity index (χ3v) is 3.94. The van der Waals surface area contributed by atoms with Crippen LogP contribution in [0.4, 0.5) is 0 Å². The molecule has 1 unspecified atom stereocenters. The average Bonchev–Trinajstić information content (AvgIpc) is 2.80. The molecular formula is C12H20N2OS. The van der Waals surface area contributed by atoms with Gasteiger partial charge in [-0.1, -0.05) is 26.3 Å². The summed E-state index contributed by atoms with van der Waals surface area (Å²) in [6.45, 7) is 6.02. The second-order valence-corrected chi connectivity index (χ2v) is 5.14. The molecule has 3 atom stereocenters. The lowest BCUT2D eigenvalue weighted by molar-refractivity contribution is -0.124. The van der Waals surface area contributed by atoms with E-state index in [1.165, 1.54) is 0 Å². The van der Waals surface area contributed by atoms with Gasteiger partial charge >= 0.3 is 0 Å². The minimum absolute atomic E-state index is 0.0441. The Kier molecular flexibility index (Phi) is 4.96. The Balaban J connectivity index is 2.51. The van der Waals surface area contributed by atoms with Crippen LogP contribution in [0.25, 0.3) is 0 Å². The number of thiophene rings is 1. The molecule has 0 aliphatic rings. The molecule has 3 N–H and O–H groups in total. The van der Waals surface area contributed by atoms with Gasteiger partial charge in [0, 0.05) is 4.88 Å². The summed E-state index contributed by atoms with van der Waals surface area (Å²) in [6, 6.07) is 3.64. The topological polar surface area (TPSA) is 55.1 Å². The molecule has 0 saturated carbocycles. The Hall–Kier alpha value is -0.870. The minimum Gasteiger partial charge on any atom is -0.347 e. The van der Waals surface area contributed by atoms with Crippen molar-refractivity contribution in [3.63, 3.8) is 0 Å². The van der Waals surface area contributed by atoms with E-state index in [0.717, 1.165) is 11.3 Å². The van der Waals surface area contributed by atoms with Gasteiger partial charge in [-0.2, -0.15) is 0 Å². The number of hydrogen-bond donors (Lipinski definition) is 2. The largest absolute Gasteiger partial charge is 0.347 e. The highest BCUT2D eigenvalue weighted by Gasteiger charge is 2.21. The van der Waals surface area contributed by atoms with Crippen molar-refractivity contribution < 1.29 is 4.79 Å². The fourth-order valence-corrected chi connectivity index (χ4v) is 2.17. The first-order chi connectivity index (χ1) is 7.56. The normalized spacial score (nSPS) is 16.5. The van der Waals surface area contributed by atoms with E-state index in [-0.39, 0.29) is 17.9 Å². The summed E-state index contributed by atoms with van der Waals surface area (Å²) in [5, 5.41) is 4.95. The van der Waals surface area contributed by atoms with Gasteiger partial charge in [-0.3, -0.25) is 4.79 Å². The van der Waals surface area contributed by atoms with Crippen molar-refractivity contribution in [2.75, 3.05) is 0 Å². The van der Waals surface area contributed by atoms with Crippen LogP contribution < -0.4 is 11.1 Å². The van der Waals surface area contributed by atoms with Crippen LogP contribution in [0.2, 0.25) is 0 Å². The molecule has 0 aliphatic heterocycles. The van der Waals surface area contributed by atoms with Crippen molar-refractivity contribution in [2.45, 2.75) is 39.3 Å². The van der Waals surface area contributed by atoms with Crippen LogP contribution in [0.15, 0.2) is 17.5 Å². The number of nitrogens with two attached hydrogens (primary N) is 1. The second-order valence-electron chi connectivity index (χ2n) is 4.16. The van der Waals surface area contributed by atoms with E-state index in [0.29, 0.717) is 0 Å². The number of amides is 1. The van der Waals surface area contributed by atoms with Crippen molar-refractivity contribution >= 4 is 17.2 Å². The molecule has 3 nitrogen and oxygen atoms in total. The predicted octanol–water partition coefficient (Wildman–Crippen LogP) is 2.30. The van der Waals surface area contributed by atoms with Gasteiger partial charge in [0.1, 0.15) is 0 Å². The Labute approximate surface area is 101 Å². The Morgan fingerprint density at radius 3 is 2.75 bits per heavy atom. The lowest BCUT2D eigenvalue weighted by atomic mass is 9.99. The maximum absolute atomic E-state index is 11.8. The summed E-state index contributed by atoms with van der Waals surface area (Å²) in [4.78, 5) is 13.0. The van der Waals surface area contributed by atoms with Gasteiger partial charge in [0.25, 0.3) is 0 Å². The molecule has 0 fully saturated rings. The highest BCUT2D eigenvalue weighted by Crippen LogP contribution is 2.18. The zero-order valence-corrected chi connectivity index (χ0v) is 10.9. The zero-order chi connectivity index (χ0) is 12.1. The Morgan fingerprint density at radius 1 is 1.56 bits per heavy atom. The van der Waals surface area contributed by atoms with E-state index < -0.39 is 6.04 Å². The summed E-state index contributed by atoms with van der Waals surface area (Å²) in [7, 11) is 0. The summed E-state index contributed by atoms with van der Waals surface area (Å²) in [5.41, 5.74) is 5.86. The standard InChI is InChI=1S/C12H20N2OS/c1-4-8(2)11(13)12(15)14-9(3)10-6-5-7-16-10/h5-9,11H,4,13H2,1-3H3,(H,14,15)/t8-,9?,11-/m0/s1.